The Bertz CT molecular complexity index is 154. The van der Waals surface area contributed by atoms with Gasteiger partial charge in [-0.05, 0) is 0 Å². The van der Waals surface area contributed by atoms with E-state index in [1.165, 1.54) is 0 Å². The van der Waals surface area contributed by atoms with Crippen LogP contribution in [0.3, 0.4) is 0 Å². The van der Waals surface area contributed by atoms with Crippen LogP contribution >= 0.6 is 0 Å². The Morgan fingerprint density at radius 1 is 1.45 bits per heavy atom. The molecular formula is C7H13N3O. The maximum absolute atomic E-state index is 5.21. The first kappa shape index (κ1) is 7.06. The second-order valence-corrected chi connectivity index (χ2v) is 2.89. The number of hydrazone groups is 1. The van der Waals surface area contributed by atoms with Crippen LogP contribution in [0.5, 0.6) is 0 Å². The Hall–Kier alpha value is -0.610. The minimum Gasteiger partial charge on any atom is -0.365 e. The van der Waals surface area contributed by atoms with Gasteiger partial charge in [0.2, 0.25) is 0 Å². The summed E-state index contributed by atoms with van der Waals surface area (Å²) in [4.78, 5) is 2.25. The summed E-state index contributed by atoms with van der Waals surface area (Å²) in [6, 6.07) is 0. The van der Waals surface area contributed by atoms with E-state index in [9.17, 15) is 0 Å². The summed E-state index contributed by atoms with van der Waals surface area (Å²) in [5, 5.41) is 6.29. The molecule has 2 rings (SSSR count). The van der Waals surface area contributed by atoms with Gasteiger partial charge in [-0.2, -0.15) is 5.10 Å². The largest absolute Gasteiger partial charge is 0.365 e. The second-order valence-electron chi connectivity index (χ2n) is 2.89. The van der Waals surface area contributed by atoms with Crippen LogP contribution in [0.4, 0.5) is 0 Å². The van der Waals surface area contributed by atoms with E-state index in [-0.39, 0.29) is 0 Å². The van der Waals surface area contributed by atoms with E-state index in [2.05, 4.69) is 15.0 Å². The fraction of sp³-hybridized carbons (Fsp3) is 0.857. The number of ether oxygens (including phenoxy) is 1. The molecule has 0 bridgehead atoms. The fourth-order valence-corrected chi connectivity index (χ4v) is 1.34. The third-order valence-corrected chi connectivity index (χ3v) is 1.95. The third kappa shape index (κ3) is 1.70. The van der Waals surface area contributed by atoms with Crippen LogP contribution in [0.2, 0.25) is 0 Å². The predicted octanol–water partition coefficient (Wildman–Crippen LogP) is -0.0749. The van der Waals surface area contributed by atoms with E-state index >= 15 is 0 Å². The quantitative estimate of drug-likeness (QED) is 0.558. The van der Waals surface area contributed by atoms with E-state index in [1.54, 1.807) is 0 Å². The lowest BCUT2D eigenvalue weighted by atomic mass is 10.5. The van der Waals surface area contributed by atoms with Crippen molar-refractivity contribution in [3.05, 3.63) is 0 Å². The molecule has 0 spiro atoms. The van der Waals surface area contributed by atoms with Crippen LogP contribution in [0.15, 0.2) is 5.10 Å². The average molecular weight is 155 g/mol. The van der Waals surface area contributed by atoms with Gasteiger partial charge in [0.1, 0.15) is 6.73 Å². The Balaban J connectivity index is 1.75. The van der Waals surface area contributed by atoms with Crippen LogP contribution in [0.1, 0.15) is 6.42 Å². The number of hydrogen-bond acceptors (Lipinski definition) is 4. The Morgan fingerprint density at radius 2 is 2.45 bits per heavy atom. The lowest BCUT2D eigenvalue weighted by Gasteiger charge is -2.20. The highest BCUT2D eigenvalue weighted by atomic mass is 16.5. The molecule has 0 radical (unpaired) electrons. The summed E-state index contributed by atoms with van der Waals surface area (Å²) in [7, 11) is 0. The highest BCUT2D eigenvalue weighted by Gasteiger charge is 2.15. The summed E-state index contributed by atoms with van der Waals surface area (Å²) in [6.07, 6.45) is 3.06. The van der Waals surface area contributed by atoms with Gasteiger partial charge < -0.3 is 4.74 Å². The summed E-state index contributed by atoms with van der Waals surface area (Å²) in [5.74, 6) is 0. The van der Waals surface area contributed by atoms with Crippen molar-refractivity contribution in [2.24, 2.45) is 5.10 Å². The van der Waals surface area contributed by atoms with Crippen molar-refractivity contribution in [2.45, 2.75) is 6.42 Å². The van der Waals surface area contributed by atoms with E-state index in [1.807, 2.05) is 6.21 Å². The molecule has 0 amide bonds. The topological polar surface area (TPSA) is 28.1 Å². The lowest BCUT2D eigenvalue weighted by molar-refractivity contribution is 0.0980. The van der Waals surface area contributed by atoms with Gasteiger partial charge in [-0.15, -0.1) is 0 Å². The van der Waals surface area contributed by atoms with Crippen LogP contribution < -0.4 is 0 Å². The standard InChI is InChI=1S/C7H13N3O/c1-2-8-10(3-1)6-9-4-5-11-7-9/h2H,1,3-7H2. The highest BCUT2D eigenvalue weighted by molar-refractivity contribution is 5.58. The zero-order valence-electron chi connectivity index (χ0n) is 6.57. The fourth-order valence-electron chi connectivity index (χ4n) is 1.34. The molecule has 2 heterocycles. The molecule has 4 heteroatoms. The molecule has 62 valence electrons. The molecule has 0 unspecified atom stereocenters. The van der Waals surface area contributed by atoms with Gasteiger partial charge in [-0.25, -0.2) is 0 Å². The zero-order chi connectivity index (χ0) is 7.52. The third-order valence-electron chi connectivity index (χ3n) is 1.95. The summed E-state index contributed by atoms with van der Waals surface area (Å²) >= 11 is 0. The molecule has 0 atom stereocenters. The summed E-state index contributed by atoms with van der Waals surface area (Å²) < 4.78 is 5.21. The van der Waals surface area contributed by atoms with Gasteiger partial charge >= 0.3 is 0 Å². The van der Waals surface area contributed by atoms with Crippen LogP contribution in [0.25, 0.3) is 0 Å². The van der Waals surface area contributed by atoms with Gasteiger partial charge in [0, 0.05) is 25.7 Å². The Labute approximate surface area is 66.4 Å². The minimum atomic E-state index is 0.770. The lowest BCUT2D eigenvalue weighted by Crippen LogP contribution is -2.32. The molecule has 0 saturated carbocycles. The molecule has 2 aliphatic heterocycles. The van der Waals surface area contributed by atoms with Crippen molar-refractivity contribution >= 4 is 6.21 Å². The van der Waals surface area contributed by atoms with Gasteiger partial charge in [-0.1, -0.05) is 0 Å². The van der Waals surface area contributed by atoms with E-state index < -0.39 is 0 Å². The van der Waals surface area contributed by atoms with Crippen molar-refractivity contribution in [3.63, 3.8) is 0 Å². The number of nitrogens with zero attached hydrogens (tertiary/aromatic N) is 3. The molecular weight excluding hydrogens is 142 g/mol. The first-order valence-corrected chi connectivity index (χ1v) is 4.02. The summed E-state index contributed by atoms with van der Waals surface area (Å²) in [5.41, 5.74) is 0. The monoisotopic (exact) mass is 155 g/mol. The molecule has 1 saturated heterocycles. The summed E-state index contributed by atoms with van der Waals surface area (Å²) in [6.45, 7) is 4.68. The SMILES string of the molecule is C1=NN(CN2CCOC2)CC1. The maximum atomic E-state index is 5.21. The van der Waals surface area contributed by atoms with Crippen molar-refractivity contribution in [1.29, 1.82) is 0 Å². The number of rotatable bonds is 2. The normalized spacial score (nSPS) is 25.3. The van der Waals surface area contributed by atoms with Gasteiger partial charge in [0.25, 0.3) is 0 Å². The van der Waals surface area contributed by atoms with Crippen LogP contribution in [-0.4, -0.2) is 49.2 Å². The van der Waals surface area contributed by atoms with Gasteiger partial charge in [0.15, 0.2) is 0 Å². The van der Waals surface area contributed by atoms with Crippen molar-refractivity contribution in [2.75, 3.05) is 33.1 Å². The van der Waals surface area contributed by atoms with Crippen molar-refractivity contribution in [1.82, 2.24) is 9.91 Å². The van der Waals surface area contributed by atoms with Crippen LogP contribution in [0, 0.1) is 0 Å². The minimum absolute atomic E-state index is 0.770. The predicted molar refractivity (Wildman–Crippen MR) is 42.2 cm³/mol. The molecule has 4 nitrogen and oxygen atoms in total. The maximum Gasteiger partial charge on any atom is 0.101 e. The van der Waals surface area contributed by atoms with Gasteiger partial charge in [-0.3, -0.25) is 9.91 Å². The Kier molecular flexibility index (Phi) is 2.05. The molecule has 1 fully saturated rings. The van der Waals surface area contributed by atoms with Crippen molar-refractivity contribution in [3.8, 4) is 0 Å². The number of hydrogen-bond donors (Lipinski definition) is 0. The van der Waals surface area contributed by atoms with E-state index in [0.29, 0.717) is 0 Å². The average Bonchev–Trinajstić information content (AvgIpc) is 2.60. The molecule has 0 N–H and O–H groups in total. The molecule has 11 heavy (non-hydrogen) atoms. The molecule has 0 aromatic carbocycles. The highest BCUT2D eigenvalue weighted by Crippen LogP contribution is 2.04. The van der Waals surface area contributed by atoms with Crippen molar-refractivity contribution < 1.29 is 4.74 Å². The molecule has 0 aliphatic carbocycles. The second kappa shape index (κ2) is 3.19. The molecule has 0 aromatic rings. The first-order chi connectivity index (χ1) is 5.45. The van der Waals surface area contributed by atoms with Crippen LogP contribution in [-0.2, 0) is 4.74 Å². The smallest absolute Gasteiger partial charge is 0.101 e. The first-order valence-electron chi connectivity index (χ1n) is 4.02. The van der Waals surface area contributed by atoms with E-state index in [0.717, 1.165) is 39.5 Å². The molecule has 2 aliphatic rings. The molecule has 0 aromatic heterocycles. The van der Waals surface area contributed by atoms with E-state index in [4.69, 9.17) is 4.74 Å². The zero-order valence-corrected chi connectivity index (χ0v) is 6.57. The Morgan fingerprint density at radius 3 is 3.09 bits per heavy atom. The van der Waals surface area contributed by atoms with Gasteiger partial charge in [0.05, 0.1) is 13.3 Å².